The van der Waals surface area contributed by atoms with Crippen LogP contribution in [0, 0.1) is 5.92 Å². The lowest BCUT2D eigenvalue weighted by molar-refractivity contribution is -0.00461. The maximum absolute atomic E-state index is 5.46. The van der Waals surface area contributed by atoms with Gasteiger partial charge in [0.15, 0.2) is 0 Å². The summed E-state index contributed by atoms with van der Waals surface area (Å²) in [6.07, 6.45) is 2.18. The molecule has 0 bridgehead atoms. The first-order valence-corrected chi connectivity index (χ1v) is 7.60. The van der Waals surface area contributed by atoms with Gasteiger partial charge in [-0.15, -0.1) is 0 Å². The maximum Gasteiger partial charge on any atom is 0.128 e. The van der Waals surface area contributed by atoms with E-state index in [1.54, 1.807) is 14.2 Å². The van der Waals surface area contributed by atoms with E-state index in [0.717, 1.165) is 32.0 Å². The molecule has 2 atom stereocenters. The van der Waals surface area contributed by atoms with Crippen molar-refractivity contribution in [2.45, 2.75) is 32.6 Å². The largest absolute Gasteiger partial charge is 0.377 e. The minimum absolute atomic E-state index is 0.115. The summed E-state index contributed by atoms with van der Waals surface area (Å²) in [5.41, 5.74) is 1.21. The van der Waals surface area contributed by atoms with E-state index in [1.807, 2.05) is 6.20 Å². The molecule has 1 aromatic rings. The second-order valence-electron chi connectivity index (χ2n) is 6.00. The molecule has 1 aliphatic rings. The van der Waals surface area contributed by atoms with E-state index in [9.17, 15) is 0 Å². The van der Waals surface area contributed by atoms with Crippen molar-refractivity contribution in [2.75, 3.05) is 38.8 Å². The predicted molar refractivity (Wildman–Crippen MR) is 84.6 cm³/mol. The van der Waals surface area contributed by atoms with Crippen LogP contribution in [0.4, 0.5) is 5.82 Å². The van der Waals surface area contributed by atoms with Crippen LogP contribution in [0.2, 0.25) is 0 Å². The number of anilines is 1. The molecule has 1 aliphatic heterocycles. The molecule has 0 aliphatic carbocycles. The minimum Gasteiger partial charge on any atom is -0.377 e. The third-order valence-corrected chi connectivity index (χ3v) is 3.84. The Labute approximate surface area is 127 Å². The molecule has 0 radical (unpaired) electrons. The predicted octanol–water partition coefficient (Wildman–Crippen LogP) is 1.68. The second-order valence-corrected chi connectivity index (χ2v) is 6.00. The number of nitrogens with one attached hydrogen (secondary N) is 1. The fourth-order valence-electron chi connectivity index (χ4n) is 2.60. The molecule has 2 heterocycles. The van der Waals surface area contributed by atoms with Gasteiger partial charge in [-0.05, 0) is 24.1 Å². The smallest absolute Gasteiger partial charge is 0.128 e. The first-order chi connectivity index (χ1) is 10.1. The summed E-state index contributed by atoms with van der Waals surface area (Å²) in [7, 11) is 3.47. The third-order valence-electron chi connectivity index (χ3n) is 3.84. The topological polar surface area (TPSA) is 46.6 Å². The van der Waals surface area contributed by atoms with Gasteiger partial charge in [-0.2, -0.15) is 0 Å². The van der Waals surface area contributed by atoms with Gasteiger partial charge in [-0.3, -0.25) is 0 Å². The van der Waals surface area contributed by atoms with Gasteiger partial charge in [-0.25, -0.2) is 4.98 Å². The van der Waals surface area contributed by atoms with E-state index in [0.29, 0.717) is 5.92 Å². The van der Waals surface area contributed by atoms with E-state index in [1.165, 1.54) is 5.56 Å². The highest BCUT2D eigenvalue weighted by Crippen LogP contribution is 2.21. The Kier molecular flexibility index (Phi) is 5.96. The minimum atomic E-state index is 0.115. The Morgan fingerprint density at radius 2 is 1.90 bits per heavy atom. The number of ether oxygens (including phenoxy) is 2. The zero-order chi connectivity index (χ0) is 15.2. The molecular formula is C16H27N3O2. The van der Waals surface area contributed by atoms with E-state index in [4.69, 9.17) is 9.47 Å². The number of hydrogen-bond donors (Lipinski definition) is 1. The van der Waals surface area contributed by atoms with Crippen molar-refractivity contribution in [1.29, 1.82) is 0 Å². The van der Waals surface area contributed by atoms with Crippen LogP contribution >= 0.6 is 0 Å². The van der Waals surface area contributed by atoms with Crippen molar-refractivity contribution in [3.8, 4) is 0 Å². The van der Waals surface area contributed by atoms with Gasteiger partial charge < -0.3 is 19.7 Å². The third kappa shape index (κ3) is 4.40. The summed E-state index contributed by atoms with van der Waals surface area (Å²) in [5.74, 6) is 1.66. The number of methoxy groups -OCH3 is 2. The normalized spacial score (nSPS) is 22.2. The van der Waals surface area contributed by atoms with E-state index < -0.39 is 0 Å². The van der Waals surface area contributed by atoms with Crippen LogP contribution in [-0.2, 0) is 16.0 Å². The summed E-state index contributed by atoms with van der Waals surface area (Å²) in [6, 6.07) is 4.22. The van der Waals surface area contributed by atoms with Gasteiger partial charge >= 0.3 is 0 Å². The van der Waals surface area contributed by atoms with Gasteiger partial charge in [0, 0.05) is 40.1 Å². The quantitative estimate of drug-likeness (QED) is 0.829. The summed E-state index contributed by atoms with van der Waals surface area (Å²) in [4.78, 5) is 6.79. The SMILES string of the molecule is COC1CN(c2ccc(CNCC(C)C)cn2)CC1OC. The van der Waals surface area contributed by atoms with Crippen molar-refractivity contribution in [3.63, 3.8) is 0 Å². The number of aromatic nitrogens is 1. The van der Waals surface area contributed by atoms with Gasteiger partial charge in [0.25, 0.3) is 0 Å². The fourth-order valence-corrected chi connectivity index (χ4v) is 2.60. The highest BCUT2D eigenvalue weighted by molar-refractivity contribution is 5.41. The van der Waals surface area contributed by atoms with Gasteiger partial charge in [-0.1, -0.05) is 19.9 Å². The molecule has 1 saturated heterocycles. The van der Waals surface area contributed by atoms with Crippen LogP contribution in [0.3, 0.4) is 0 Å². The molecule has 1 fully saturated rings. The van der Waals surface area contributed by atoms with E-state index in [2.05, 4.69) is 41.2 Å². The lowest BCUT2D eigenvalue weighted by Crippen LogP contribution is -2.27. The zero-order valence-electron chi connectivity index (χ0n) is 13.5. The lowest BCUT2D eigenvalue weighted by Gasteiger charge is -2.17. The van der Waals surface area contributed by atoms with Crippen LogP contribution in [0.1, 0.15) is 19.4 Å². The monoisotopic (exact) mass is 293 g/mol. The molecular weight excluding hydrogens is 266 g/mol. The van der Waals surface area contributed by atoms with Crippen molar-refractivity contribution in [3.05, 3.63) is 23.9 Å². The molecule has 21 heavy (non-hydrogen) atoms. The Morgan fingerprint density at radius 1 is 1.24 bits per heavy atom. The Hall–Kier alpha value is -1.17. The van der Waals surface area contributed by atoms with Crippen molar-refractivity contribution in [1.82, 2.24) is 10.3 Å². The van der Waals surface area contributed by atoms with E-state index in [-0.39, 0.29) is 12.2 Å². The molecule has 0 spiro atoms. The number of nitrogens with zero attached hydrogens (tertiary/aromatic N) is 2. The van der Waals surface area contributed by atoms with Crippen molar-refractivity contribution < 1.29 is 9.47 Å². The van der Waals surface area contributed by atoms with Gasteiger partial charge in [0.1, 0.15) is 18.0 Å². The molecule has 2 unspecified atom stereocenters. The van der Waals surface area contributed by atoms with Crippen LogP contribution in [0.25, 0.3) is 0 Å². The van der Waals surface area contributed by atoms with Crippen LogP contribution in [0.5, 0.6) is 0 Å². The molecule has 0 amide bonds. The fraction of sp³-hybridized carbons (Fsp3) is 0.688. The summed E-state index contributed by atoms with van der Waals surface area (Å²) < 4.78 is 10.9. The Morgan fingerprint density at radius 3 is 2.38 bits per heavy atom. The van der Waals surface area contributed by atoms with E-state index >= 15 is 0 Å². The summed E-state index contributed by atoms with van der Waals surface area (Å²) >= 11 is 0. The molecule has 5 heteroatoms. The first-order valence-electron chi connectivity index (χ1n) is 7.60. The average Bonchev–Trinajstić information content (AvgIpc) is 2.91. The van der Waals surface area contributed by atoms with Gasteiger partial charge in [0.2, 0.25) is 0 Å². The molecule has 1 aromatic heterocycles. The first kappa shape index (κ1) is 16.2. The van der Waals surface area contributed by atoms with Gasteiger partial charge in [0.05, 0.1) is 0 Å². The Bertz CT molecular complexity index is 410. The van der Waals surface area contributed by atoms with Crippen LogP contribution < -0.4 is 10.2 Å². The molecule has 2 rings (SSSR count). The standard InChI is InChI=1S/C16H27N3O2/c1-12(2)7-17-8-13-5-6-16(18-9-13)19-10-14(20-3)15(11-19)21-4/h5-6,9,12,14-15,17H,7-8,10-11H2,1-4H3. The lowest BCUT2D eigenvalue weighted by atomic mass is 10.2. The molecule has 1 N–H and O–H groups in total. The highest BCUT2D eigenvalue weighted by Gasteiger charge is 2.33. The number of hydrogen-bond acceptors (Lipinski definition) is 5. The molecule has 5 nitrogen and oxygen atoms in total. The molecule has 118 valence electrons. The highest BCUT2D eigenvalue weighted by atomic mass is 16.5. The van der Waals surface area contributed by atoms with Crippen LogP contribution in [0.15, 0.2) is 18.3 Å². The molecule has 0 saturated carbocycles. The summed E-state index contributed by atoms with van der Waals surface area (Å²) in [6.45, 7) is 7.96. The van der Waals surface area contributed by atoms with Crippen LogP contribution in [-0.4, -0.2) is 51.0 Å². The maximum atomic E-state index is 5.46. The average molecular weight is 293 g/mol. The second kappa shape index (κ2) is 7.73. The van der Waals surface area contributed by atoms with Crippen molar-refractivity contribution >= 4 is 5.82 Å². The molecule has 0 aromatic carbocycles. The Balaban J connectivity index is 1.90. The number of pyridine rings is 1. The zero-order valence-corrected chi connectivity index (χ0v) is 13.5. The van der Waals surface area contributed by atoms with Crippen molar-refractivity contribution in [2.24, 2.45) is 5.92 Å². The summed E-state index contributed by atoms with van der Waals surface area (Å²) in [5, 5.41) is 3.43. The number of rotatable bonds is 7.